The minimum atomic E-state index is -0.400. The van der Waals surface area contributed by atoms with Gasteiger partial charge in [-0.3, -0.25) is 0 Å². The van der Waals surface area contributed by atoms with Crippen molar-refractivity contribution < 1.29 is 9.50 Å². The van der Waals surface area contributed by atoms with Crippen molar-refractivity contribution in [3.63, 3.8) is 0 Å². The van der Waals surface area contributed by atoms with Crippen LogP contribution in [0.4, 0.5) is 4.39 Å². The third kappa shape index (κ3) is 5.54. The van der Waals surface area contributed by atoms with Crippen LogP contribution < -0.4 is 10.6 Å². The smallest absolute Gasteiger partial charge is 0.192 e. The maximum Gasteiger partial charge on any atom is 0.192 e. The van der Waals surface area contributed by atoms with E-state index in [1.807, 2.05) is 25.1 Å². The van der Waals surface area contributed by atoms with Gasteiger partial charge in [0.2, 0.25) is 0 Å². The quantitative estimate of drug-likeness (QED) is 0.502. The Morgan fingerprint density at radius 2 is 2.04 bits per heavy atom. The molecule has 0 bridgehead atoms. The zero-order valence-corrected chi connectivity index (χ0v) is 16.0. The summed E-state index contributed by atoms with van der Waals surface area (Å²) in [5.74, 6) is 0.281. The fourth-order valence-electron chi connectivity index (χ4n) is 2.45. The molecule has 2 aromatic carbocycles. The highest BCUT2D eigenvalue weighted by molar-refractivity contribution is 9.10. The fourth-order valence-corrected chi connectivity index (χ4v) is 3.08. The molecule has 1 unspecified atom stereocenters. The van der Waals surface area contributed by atoms with Gasteiger partial charge in [-0.2, -0.15) is 0 Å². The van der Waals surface area contributed by atoms with Gasteiger partial charge in [-0.25, -0.2) is 9.38 Å². The van der Waals surface area contributed by atoms with Crippen LogP contribution in [-0.2, 0) is 13.2 Å². The van der Waals surface area contributed by atoms with Crippen LogP contribution in [0.2, 0.25) is 0 Å². The van der Waals surface area contributed by atoms with Gasteiger partial charge in [0.15, 0.2) is 5.96 Å². The lowest BCUT2D eigenvalue weighted by atomic mass is 10.1. The maximum absolute atomic E-state index is 13.5. The molecule has 6 heteroatoms. The van der Waals surface area contributed by atoms with Crippen LogP contribution in [-0.4, -0.2) is 17.6 Å². The molecule has 0 spiro atoms. The number of guanidine groups is 1. The lowest BCUT2D eigenvalue weighted by Crippen LogP contribution is -2.38. The first-order chi connectivity index (χ1) is 12.0. The van der Waals surface area contributed by atoms with Crippen LogP contribution in [0.3, 0.4) is 0 Å². The van der Waals surface area contributed by atoms with Crippen molar-refractivity contribution in [1.29, 1.82) is 0 Å². The van der Waals surface area contributed by atoms with E-state index in [1.165, 1.54) is 6.07 Å². The number of halogens is 2. The van der Waals surface area contributed by atoms with E-state index in [2.05, 4.69) is 44.5 Å². The maximum atomic E-state index is 13.5. The molecule has 3 N–H and O–H groups in total. The normalized spacial score (nSPS) is 12.8. The van der Waals surface area contributed by atoms with Crippen molar-refractivity contribution >= 4 is 21.9 Å². The molecule has 2 rings (SSSR count). The van der Waals surface area contributed by atoms with Crippen molar-refractivity contribution in [2.24, 2.45) is 4.99 Å². The van der Waals surface area contributed by atoms with Crippen molar-refractivity contribution in [1.82, 2.24) is 10.6 Å². The number of nitrogens with zero attached hydrogens (tertiary/aromatic N) is 1. The molecule has 0 fully saturated rings. The van der Waals surface area contributed by atoms with Gasteiger partial charge < -0.3 is 15.7 Å². The molecule has 0 amide bonds. The Bertz CT molecular complexity index is 736. The minimum absolute atomic E-state index is 0.0644. The Balaban J connectivity index is 2.11. The fraction of sp³-hybridized carbons (Fsp3) is 0.316. The van der Waals surface area contributed by atoms with Gasteiger partial charge in [-0.1, -0.05) is 40.2 Å². The molecule has 0 aliphatic rings. The number of hydrogen-bond donors (Lipinski definition) is 3. The first-order valence-corrected chi connectivity index (χ1v) is 9.01. The van der Waals surface area contributed by atoms with Gasteiger partial charge in [0.05, 0.1) is 19.2 Å². The van der Waals surface area contributed by atoms with E-state index in [-0.39, 0.29) is 18.2 Å². The van der Waals surface area contributed by atoms with Crippen LogP contribution in [0.5, 0.6) is 0 Å². The average Bonchev–Trinajstić information content (AvgIpc) is 2.61. The summed E-state index contributed by atoms with van der Waals surface area (Å²) in [6.45, 7) is 4.88. The highest BCUT2D eigenvalue weighted by Crippen LogP contribution is 2.22. The Labute approximate surface area is 156 Å². The van der Waals surface area contributed by atoms with Crippen molar-refractivity contribution in [3.8, 4) is 0 Å². The van der Waals surface area contributed by atoms with Gasteiger partial charge >= 0.3 is 0 Å². The largest absolute Gasteiger partial charge is 0.392 e. The Morgan fingerprint density at radius 3 is 2.72 bits per heavy atom. The second-order valence-electron chi connectivity index (χ2n) is 5.67. The molecule has 0 aliphatic heterocycles. The third-order valence-electron chi connectivity index (χ3n) is 3.77. The van der Waals surface area contributed by atoms with Gasteiger partial charge in [-0.05, 0) is 43.2 Å². The molecule has 4 nitrogen and oxygen atoms in total. The van der Waals surface area contributed by atoms with Crippen LogP contribution in [0.15, 0.2) is 51.9 Å². The van der Waals surface area contributed by atoms with Crippen LogP contribution >= 0.6 is 15.9 Å². The number of aliphatic hydroxyl groups excluding tert-OH is 1. The zero-order valence-electron chi connectivity index (χ0n) is 14.4. The van der Waals surface area contributed by atoms with Gasteiger partial charge in [0, 0.05) is 16.6 Å². The van der Waals surface area contributed by atoms with Crippen LogP contribution in [0.25, 0.3) is 0 Å². The molecule has 25 heavy (non-hydrogen) atoms. The number of benzene rings is 2. The first-order valence-electron chi connectivity index (χ1n) is 8.22. The Kier molecular flexibility index (Phi) is 7.40. The number of aliphatic imine (C=N–C) groups is 1. The number of rotatable bonds is 6. The summed E-state index contributed by atoms with van der Waals surface area (Å²) < 4.78 is 14.5. The molecule has 134 valence electrons. The zero-order chi connectivity index (χ0) is 18.2. The third-order valence-corrected chi connectivity index (χ3v) is 4.49. The molecule has 0 aliphatic carbocycles. The number of aliphatic hydroxyl groups is 1. The second-order valence-corrected chi connectivity index (χ2v) is 6.52. The van der Waals surface area contributed by atoms with E-state index in [0.717, 1.165) is 22.1 Å². The predicted octanol–water partition coefficient (Wildman–Crippen LogP) is 3.90. The van der Waals surface area contributed by atoms with Gasteiger partial charge in [-0.15, -0.1) is 0 Å². The lowest BCUT2D eigenvalue weighted by Gasteiger charge is -2.19. The summed E-state index contributed by atoms with van der Waals surface area (Å²) in [6, 6.07) is 12.8. The topological polar surface area (TPSA) is 56.7 Å². The van der Waals surface area contributed by atoms with E-state index in [4.69, 9.17) is 0 Å². The lowest BCUT2D eigenvalue weighted by molar-refractivity contribution is 0.275. The average molecular weight is 408 g/mol. The molecule has 0 saturated heterocycles. The van der Waals surface area contributed by atoms with Gasteiger partial charge in [0.25, 0.3) is 0 Å². The second kappa shape index (κ2) is 9.53. The number of nitrogens with one attached hydrogen (secondary N) is 2. The van der Waals surface area contributed by atoms with Crippen molar-refractivity contribution in [3.05, 3.63) is 69.4 Å². The summed E-state index contributed by atoms with van der Waals surface area (Å²) in [4.78, 5) is 4.56. The highest BCUT2D eigenvalue weighted by atomic mass is 79.9. The molecule has 0 radical (unpaired) electrons. The van der Waals surface area contributed by atoms with E-state index in [9.17, 15) is 9.50 Å². The molecule has 0 heterocycles. The van der Waals surface area contributed by atoms with Crippen molar-refractivity contribution in [2.75, 3.05) is 6.54 Å². The number of hydrogen-bond acceptors (Lipinski definition) is 2. The molecular formula is C19H23BrFN3O. The van der Waals surface area contributed by atoms with Crippen LogP contribution in [0.1, 0.15) is 36.6 Å². The van der Waals surface area contributed by atoms with Gasteiger partial charge in [0.1, 0.15) is 5.82 Å². The molecule has 1 atom stereocenters. The minimum Gasteiger partial charge on any atom is -0.392 e. The van der Waals surface area contributed by atoms with E-state index >= 15 is 0 Å². The Morgan fingerprint density at radius 1 is 1.28 bits per heavy atom. The molecule has 0 saturated carbocycles. The summed E-state index contributed by atoms with van der Waals surface area (Å²) >= 11 is 3.56. The summed E-state index contributed by atoms with van der Waals surface area (Å²) in [7, 11) is 0. The first kappa shape index (κ1) is 19.4. The van der Waals surface area contributed by atoms with Crippen LogP contribution in [0, 0.1) is 5.82 Å². The molecular weight excluding hydrogens is 385 g/mol. The molecule has 0 aromatic heterocycles. The van der Waals surface area contributed by atoms with E-state index < -0.39 is 5.82 Å². The SMILES string of the molecule is CCNC(=NCc1ccc(F)c(CO)c1)NC(C)c1ccccc1Br. The predicted molar refractivity (Wildman–Crippen MR) is 103 cm³/mol. The summed E-state index contributed by atoms with van der Waals surface area (Å²) in [6.07, 6.45) is 0. The monoisotopic (exact) mass is 407 g/mol. The molecule has 2 aromatic rings. The summed E-state index contributed by atoms with van der Waals surface area (Å²) in [5.41, 5.74) is 2.26. The Hall–Kier alpha value is -1.92. The van der Waals surface area contributed by atoms with E-state index in [0.29, 0.717) is 12.5 Å². The van der Waals surface area contributed by atoms with E-state index in [1.54, 1.807) is 12.1 Å². The highest BCUT2D eigenvalue weighted by Gasteiger charge is 2.10. The summed E-state index contributed by atoms with van der Waals surface area (Å²) in [5, 5.41) is 15.8. The van der Waals surface area contributed by atoms with Crippen molar-refractivity contribution in [2.45, 2.75) is 33.0 Å². The standard InChI is InChI=1S/C19H23BrFN3O/c1-3-22-19(24-13(2)16-6-4-5-7-17(16)20)23-11-14-8-9-18(21)15(10-14)12-25/h4-10,13,25H,3,11-12H2,1-2H3,(H2,22,23,24).